The van der Waals surface area contributed by atoms with Crippen molar-refractivity contribution < 1.29 is 4.79 Å². The molecule has 3 heterocycles. The van der Waals surface area contributed by atoms with Gasteiger partial charge in [0.25, 0.3) is 0 Å². The molecule has 0 aromatic carbocycles. The standard InChI is InChI=1S/C16H23N5O/c1-16(2,15(17)22)8-11-4-3-7-21(9-11)14-12-5-6-18-13(12)19-10-20-14/h5-6,10-11H,3-4,7-9H2,1-2H3,(H2,17,22)(H,18,19,20). The Labute approximate surface area is 130 Å². The Morgan fingerprint density at radius 1 is 1.50 bits per heavy atom. The average Bonchev–Trinajstić information content (AvgIpc) is 2.95. The summed E-state index contributed by atoms with van der Waals surface area (Å²) in [6.07, 6.45) is 6.55. The van der Waals surface area contributed by atoms with Gasteiger partial charge in [-0.25, -0.2) is 9.97 Å². The number of nitrogens with one attached hydrogen (secondary N) is 1. The molecule has 1 unspecified atom stereocenters. The average molecular weight is 301 g/mol. The predicted octanol–water partition coefficient (Wildman–Crippen LogP) is 2.08. The third-order valence-corrected chi connectivity index (χ3v) is 4.62. The number of aromatic nitrogens is 3. The summed E-state index contributed by atoms with van der Waals surface area (Å²) in [4.78, 5) is 25.7. The first-order valence-corrected chi connectivity index (χ1v) is 7.80. The van der Waals surface area contributed by atoms with Gasteiger partial charge in [-0.05, 0) is 31.2 Å². The van der Waals surface area contributed by atoms with E-state index in [-0.39, 0.29) is 5.91 Å². The van der Waals surface area contributed by atoms with Gasteiger partial charge in [0.15, 0.2) is 0 Å². The second-order valence-corrected chi connectivity index (χ2v) is 6.84. The third-order valence-electron chi connectivity index (χ3n) is 4.62. The highest BCUT2D eigenvalue weighted by molar-refractivity contribution is 5.87. The Kier molecular flexibility index (Phi) is 3.76. The first-order chi connectivity index (χ1) is 10.5. The number of nitrogens with zero attached hydrogens (tertiary/aromatic N) is 3. The minimum Gasteiger partial charge on any atom is -0.369 e. The lowest BCUT2D eigenvalue weighted by Gasteiger charge is -2.36. The van der Waals surface area contributed by atoms with Gasteiger partial charge in [0, 0.05) is 24.7 Å². The smallest absolute Gasteiger partial charge is 0.223 e. The number of anilines is 1. The zero-order valence-electron chi connectivity index (χ0n) is 13.2. The molecule has 22 heavy (non-hydrogen) atoms. The van der Waals surface area contributed by atoms with E-state index in [2.05, 4.69) is 19.9 Å². The summed E-state index contributed by atoms with van der Waals surface area (Å²) < 4.78 is 0. The number of carbonyl (C=O) groups is 1. The summed E-state index contributed by atoms with van der Waals surface area (Å²) >= 11 is 0. The van der Waals surface area contributed by atoms with Crippen LogP contribution in [0.15, 0.2) is 18.6 Å². The van der Waals surface area contributed by atoms with E-state index in [1.54, 1.807) is 6.33 Å². The minimum absolute atomic E-state index is 0.223. The molecule has 1 saturated heterocycles. The van der Waals surface area contributed by atoms with Crippen molar-refractivity contribution in [3.63, 3.8) is 0 Å². The van der Waals surface area contributed by atoms with E-state index in [9.17, 15) is 4.79 Å². The van der Waals surface area contributed by atoms with Crippen LogP contribution in [0.1, 0.15) is 33.1 Å². The fraction of sp³-hybridized carbons (Fsp3) is 0.562. The van der Waals surface area contributed by atoms with Crippen molar-refractivity contribution in [1.82, 2.24) is 15.0 Å². The van der Waals surface area contributed by atoms with Crippen LogP contribution in [0, 0.1) is 11.3 Å². The van der Waals surface area contributed by atoms with Crippen LogP contribution in [0.2, 0.25) is 0 Å². The number of amides is 1. The lowest BCUT2D eigenvalue weighted by molar-refractivity contribution is -0.126. The number of aromatic amines is 1. The monoisotopic (exact) mass is 301 g/mol. The minimum atomic E-state index is -0.456. The molecular weight excluding hydrogens is 278 g/mol. The summed E-state index contributed by atoms with van der Waals surface area (Å²) in [6, 6.07) is 2.02. The fourth-order valence-electron chi connectivity index (χ4n) is 3.36. The Bertz CT molecular complexity index is 678. The molecule has 3 rings (SSSR count). The van der Waals surface area contributed by atoms with E-state index >= 15 is 0 Å². The highest BCUT2D eigenvalue weighted by atomic mass is 16.1. The maximum Gasteiger partial charge on any atom is 0.223 e. The topological polar surface area (TPSA) is 87.9 Å². The van der Waals surface area contributed by atoms with Gasteiger partial charge in [0.1, 0.15) is 17.8 Å². The van der Waals surface area contributed by atoms with Crippen LogP contribution in [0.25, 0.3) is 11.0 Å². The number of hydrogen-bond donors (Lipinski definition) is 2. The molecule has 2 aromatic rings. The van der Waals surface area contributed by atoms with Crippen molar-refractivity contribution in [3.8, 4) is 0 Å². The number of hydrogen-bond acceptors (Lipinski definition) is 4. The number of H-pyrrole nitrogens is 1. The van der Waals surface area contributed by atoms with Crippen LogP contribution < -0.4 is 10.6 Å². The van der Waals surface area contributed by atoms with E-state index in [1.807, 2.05) is 26.1 Å². The van der Waals surface area contributed by atoms with Crippen LogP contribution in [-0.4, -0.2) is 33.9 Å². The van der Waals surface area contributed by atoms with Crippen molar-refractivity contribution >= 4 is 22.8 Å². The first-order valence-electron chi connectivity index (χ1n) is 7.80. The number of primary amides is 1. The molecular formula is C16H23N5O. The zero-order valence-corrected chi connectivity index (χ0v) is 13.2. The van der Waals surface area contributed by atoms with Gasteiger partial charge in [-0.3, -0.25) is 4.79 Å². The van der Waals surface area contributed by atoms with Crippen molar-refractivity contribution in [2.75, 3.05) is 18.0 Å². The Balaban J connectivity index is 1.79. The lowest BCUT2D eigenvalue weighted by Crippen LogP contribution is -2.40. The molecule has 0 bridgehead atoms. The molecule has 1 aliphatic heterocycles. The Morgan fingerprint density at radius 2 is 2.32 bits per heavy atom. The molecule has 1 amide bonds. The molecule has 0 aliphatic carbocycles. The van der Waals surface area contributed by atoms with Crippen molar-refractivity contribution in [1.29, 1.82) is 0 Å². The zero-order chi connectivity index (χ0) is 15.7. The van der Waals surface area contributed by atoms with Crippen molar-refractivity contribution in [3.05, 3.63) is 18.6 Å². The molecule has 1 fully saturated rings. The molecule has 1 atom stereocenters. The summed E-state index contributed by atoms with van der Waals surface area (Å²) in [5.74, 6) is 1.22. The largest absolute Gasteiger partial charge is 0.369 e. The van der Waals surface area contributed by atoms with Crippen LogP contribution in [-0.2, 0) is 4.79 Å². The second-order valence-electron chi connectivity index (χ2n) is 6.84. The molecule has 0 spiro atoms. The van der Waals surface area contributed by atoms with Crippen LogP contribution in [0.4, 0.5) is 5.82 Å². The molecule has 6 heteroatoms. The van der Waals surface area contributed by atoms with E-state index in [1.165, 1.54) is 0 Å². The SMILES string of the molecule is CC(C)(CC1CCCN(c2ncnc3[nH]ccc23)C1)C(N)=O. The number of nitrogens with two attached hydrogens (primary N) is 1. The van der Waals surface area contributed by atoms with Crippen LogP contribution in [0.5, 0.6) is 0 Å². The lowest BCUT2D eigenvalue weighted by atomic mass is 9.79. The number of rotatable bonds is 4. The Morgan fingerprint density at radius 3 is 3.09 bits per heavy atom. The molecule has 2 aromatic heterocycles. The van der Waals surface area contributed by atoms with Crippen molar-refractivity contribution in [2.24, 2.45) is 17.1 Å². The highest BCUT2D eigenvalue weighted by Gasteiger charge is 2.31. The quantitative estimate of drug-likeness (QED) is 0.905. The van der Waals surface area contributed by atoms with Gasteiger partial charge in [-0.15, -0.1) is 0 Å². The van der Waals surface area contributed by atoms with E-state index in [0.29, 0.717) is 5.92 Å². The first kappa shape index (κ1) is 14.8. The summed E-state index contributed by atoms with van der Waals surface area (Å²) in [5.41, 5.74) is 5.93. The third kappa shape index (κ3) is 2.77. The van der Waals surface area contributed by atoms with Gasteiger partial charge < -0.3 is 15.6 Å². The highest BCUT2D eigenvalue weighted by Crippen LogP contribution is 2.33. The van der Waals surface area contributed by atoms with Crippen LogP contribution in [0.3, 0.4) is 0 Å². The number of piperidine rings is 1. The van der Waals surface area contributed by atoms with E-state index in [0.717, 1.165) is 49.2 Å². The predicted molar refractivity (Wildman–Crippen MR) is 86.4 cm³/mol. The van der Waals surface area contributed by atoms with E-state index in [4.69, 9.17) is 5.73 Å². The van der Waals surface area contributed by atoms with Crippen molar-refractivity contribution in [2.45, 2.75) is 33.1 Å². The molecule has 6 nitrogen and oxygen atoms in total. The summed E-state index contributed by atoms with van der Waals surface area (Å²) in [7, 11) is 0. The molecule has 3 N–H and O–H groups in total. The molecule has 0 radical (unpaired) electrons. The number of fused-ring (bicyclic) bond motifs is 1. The van der Waals surface area contributed by atoms with Gasteiger partial charge in [-0.2, -0.15) is 0 Å². The maximum absolute atomic E-state index is 11.6. The molecule has 118 valence electrons. The van der Waals surface area contributed by atoms with Gasteiger partial charge in [-0.1, -0.05) is 13.8 Å². The summed E-state index contributed by atoms with van der Waals surface area (Å²) in [5, 5.41) is 1.05. The van der Waals surface area contributed by atoms with E-state index < -0.39 is 5.41 Å². The summed E-state index contributed by atoms with van der Waals surface area (Å²) in [6.45, 7) is 5.77. The Hall–Kier alpha value is -2.11. The molecule has 1 aliphatic rings. The fourth-order valence-corrected chi connectivity index (χ4v) is 3.36. The van der Waals surface area contributed by atoms with Gasteiger partial charge >= 0.3 is 0 Å². The maximum atomic E-state index is 11.6. The van der Waals surface area contributed by atoms with Crippen LogP contribution >= 0.6 is 0 Å². The number of carbonyl (C=O) groups excluding carboxylic acids is 1. The second kappa shape index (κ2) is 5.59. The normalized spacial score (nSPS) is 19.5. The molecule has 0 saturated carbocycles. The van der Waals surface area contributed by atoms with Gasteiger partial charge in [0.05, 0.1) is 5.39 Å². The van der Waals surface area contributed by atoms with Gasteiger partial charge in [0.2, 0.25) is 5.91 Å².